The lowest BCUT2D eigenvalue weighted by Gasteiger charge is -2.11. The van der Waals surface area contributed by atoms with Crippen molar-refractivity contribution in [1.29, 1.82) is 0 Å². The molecule has 0 heterocycles. The summed E-state index contributed by atoms with van der Waals surface area (Å²) >= 11 is 5.72. The molecule has 0 amide bonds. The Morgan fingerprint density at radius 2 is 1.90 bits per heavy atom. The number of ketones is 1. The van der Waals surface area contributed by atoms with Crippen LogP contribution in [0.5, 0.6) is 0 Å². The molecule has 0 aliphatic rings. The van der Waals surface area contributed by atoms with E-state index in [1.165, 1.54) is 12.1 Å². The maximum absolute atomic E-state index is 13.1. The number of benzene rings is 2. The van der Waals surface area contributed by atoms with Crippen molar-refractivity contribution in [2.75, 3.05) is 5.73 Å². The summed E-state index contributed by atoms with van der Waals surface area (Å²) in [7, 11) is 0. The van der Waals surface area contributed by atoms with E-state index in [0.717, 1.165) is 11.1 Å². The van der Waals surface area contributed by atoms with Gasteiger partial charge in [-0.25, -0.2) is 4.39 Å². The van der Waals surface area contributed by atoms with Crippen LogP contribution in [0.25, 0.3) is 0 Å². The number of carbonyl (C=O) groups excluding carboxylic acids is 1. The lowest BCUT2D eigenvalue weighted by Crippen LogP contribution is -2.07. The summed E-state index contributed by atoms with van der Waals surface area (Å²) in [5.41, 5.74) is 8.16. The molecule has 0 fully saturated rings. The van der Waals surface area contributed by atoms with Gasteiger partial charge in [0.15, 0.2) is 0 Å². The first-order valence-corrected chi connectivity index (χ1v) is 7.14. The van der Waals surface area contributed by atoms with Gasteiger partial charge >= 0.3 is 0 Å². The molecule has 0 bridgehead atoms. The van der Waals surface area contributed by atoms with E-state index in [1.54, 1.807) is 6.07 Å². The number of carbonyl (C=O) groups is 1. The number of Topliss-reactive ketones (excluding diaryl/α,β-unsaturated/α-hetero) is 1. The Kier molecular flexibility index (Phi) is 4.97. The van der Waals surface area contributed by atoms with Crippen molar-refractivity contribution in [3.05, 3.63) is 64.4 Å². The fraction of sp³-hybridized carbons (Fsp3) is 0.235. The zero-order valence-electron chi connectivity index (χ0n) is 11.8. The van der Waals surface area contributed by atoms with Gasteiger partial charge in [-0.05, 0) is 41.3 Å². The lowest BCUT2D eigenvalue weighted by atomic mass is 9.93. The zero-order chi connectivity index (χ0) is 15.4. The average Bonchev–Trinajstić information content (AvgIpc) is 2.43. The third-order valence-corrected chi connectivity index (χ3v) is 3.71. The second kappa shape index (κ2) is 6.72. The summed E-state index contributed by atoms with van der Waals surface area (Å²) in [6, 6.07) is 11.9. The Morgan fingerprint density at radius 1 is 1.24 bits per heavy atom. The van der Waals surface area contributed by atoms with Gasteiger partial charge in [-0.3, -0.25) is 4.79 Å². The highest BCUT2D eigenvalue weighted by atomic mass is 35.5. The average molecular weight is 306 g/mol. The van der Waals surface area contributed by atoms with E-state index < -0.39 is 5.82 Å². The molecule has 2 aromatic rings. The van der Waals surface area contributed by atoms with Crippen LogP contribution in [-0.4, -0.2) is 5.78 Å². The molecular weight excluding hydrogens is 289 g/mol. The van der Waals surface area contributed by atoms with Crippen LogP contribution in [0.3, 0.4) is 0 Å². The quantitative estimate of drug-likeness (QED) is 0.834. The van der Waals surface area contributed by atoms with E-state index in [4.69, 9.17) is 17.3 Å². The fourth-order valence-electron chi connectivity index (χ4n) is 2.23. The molecule has 1 unspecified atom stereocenters. The van der Waals surface area contributed by atoms with Gasteiger partial charge in [0, 0.05) is 18.5 Å². The van der Waals surface area contributed by atoms with Crippen molar-refractivity contribution in [3.63, 3.8) is 0 Å². The van der Waals surface area contributed by atoms with Gasteiger partial charge in [-0.2, -0.15) is 0 Å². The maximum Gasteiger partial charge on any atom is 0.141 e. The second-order valence-corrected chi connectivity index (χ2v) is 5.64. The Bertz CT molecular complexity index is 640. The topological polar surface area (TPSA) is 43.1 Å². The van der Waals surface area contributed by atoms with Crippen molar-refractivity contribution in [2.45, 2.75) is 25.7 Å². The van der Waals surface area contributed by atoms with Gasteiger partial charge < -0.3 is 5.73 Å². The smallest absolute Gasteiger partial charge is 0.141 e. The Balaban J connectivity index is 1.97. The summed E-state index contributed by atoms with van der Waals surface area (Å²) in [6.45, 7) is 2.00. The zero-order valence-corrected chi connectivity index (χ0v) is 12.5. The van der Waals surface area contributed by atoms with Crippen molar-refractivity contribution in [2.24, 2.45) is 0 Å². The molecule has 0 saturated heterocycles. The third-order valence-electron chi connectivity index (χ3n) is 3.42. The minimum absolute atomic E-state index is 0.0480. The SMILES string of the molecule is CC(CC(=O)Cc1ccc(F)c(Cl)c1)c1ccc(N)cc1. The second-order valence-electron chi connectivity index (χ2n) is 5.24. The molecule has 2 rings (SSSR count). The predicted octanol–water partition coefficient (Wildman–Crippen LogP) is 4.37. The molecule has 1 atom stereocenters. The first kappa shape index (κ1) is 15.5. The van der Waals surface area contributed by atoms with Crippen molar-refractivity contribution in [3.8, 4) is 0 Å². The maximum atomic E-state index is 13.1. The molecule has 4 heteroatoms. The first-order chi connectivity index (χ1) is 9.95. The van der Waals surface area contributed by atoms with Gasteiger partial charge in [-0.15, -0.1) is 0 Å². The first-order valence-electron chi connectivity index (χ1n) is 6.77. The van der Waals surface area contributed by atoms with Gasteiger partial charge in [-0.1, -0.05) is 36.7 Å². The van der Waals surface area contributed by atoms with E-state index in [-0.39, 0.29) is 23.1 Å². The summed E-state index contributed by atoms with van der Waals surface area (Å²) in [6.07, 6.45) is 0.693. The van der Waals surface area contributed by atoms with Crippen LogP contribution in [0, 0.1) is 5.82 Å². The van der Waals surface area contributed by atoms with E-state index in [2.05, 4.69) is 0 Å². The number of anilines is 1. The third kappa shape index (κ3) is 4.30. The van der Waals surface area contributed by atoms with Crippen molar-refractivity contribution >= 4 is 23.1 Å². The standard InChI is InChI=1S/C17H17ClFNO/c1-11(13-3-5-14(20)6-4-13)8-15(21)9-12-2-7-17(19)16(18)10-12/h2-7,10-11H,8-9,20H2,1H3. The summed E-state index contributed by atoms with van der Waals surface area (Å²) < 4.78 is 13.1. The minimum Gasteiger partial charge on any atom is -0.399 e. The monoisotopic (exact) mass is 305 g/mol. The predicted molar refractivity (Wildman–Crippen MR) is 84.0 cm³/mol. The Hall–Kier alpha value is -1.87. The molecule has 0 spiro atoms. The van der Waals surface area contributed by atoms with Crippen molar-refractivity contribution < 1.29 is 9.18 Å². The Morgan fingerprint density at radius 3 is 2.52 bits per heavy atom. The molecular formula is C17H17ClFNO. The number of nitrogens with two attached hydrogens (primary N) is 1. The van der Waals surface area contributed by atoms with Gasteiger partial charge in [0.05, 0.1) is 5.02 Å². The lowest BCUT2D eigenvalue weighted by molar-refractivity contribution is -0.118. The molecule has 2 nitrogen and oxygen atoms in total. The molecule has 110 valence electrons. The molecule has 0 radical (unpaired) electrons. The number of rotatable bonds is 5. The van der Waals surface area contributed by atoms with Gasteiger partial charge in [0.2, 0.25) is 0 Å². The molecule has 0 aromatic heterocycles. The fourth-order valence-corrected chi connectivity index (χ4v) is 2.44. The number of hydrogen-bond donors (Lipinski definition) is 1. The van der Waals surface area contributed by atoms with Crippen LogP contribution < -0.4 is 5.73 Å². The highest BCUT2D eigenvalue weighted by molar-refractivity contribution is 6.30. The van der Waals surface area contributed by atoms with Crippen LogP contribution in [0.4, 0.5) is 10.1 Å². The molecule has 0 saturated carbocycles. The molecule has 21 heavy (non-hydrogen) atoms. The molecule has 0 aliphatic heterocycles. The van der Waals surface area contributed by atoms with Crippen LogP contribution in [0.15, 0.2) is 42.5 Å². The van der Waals surface area contributed by atoms with Crippen LogP contribution in [0.1, 0.15) is 30.4 Å². The molecule has 0 aliphatic carbocycles. The Labute approximate surface area is 128 Å². The summed E-state index contributed by atoms with van der Waals surface area (Å²) in [5.74, 6) is -0.251. The van der Waals surface area contributed by atoms with E-state index >= 15 is 0 Å². The van der Waals surface area contributed by atoms with Gasteiger partial charge in [0.1, 0.15) is 11.6 Å². The summed E-state index contributed by atoms with van der Waals surface area (Å²) in [4.78, 5) is 12.1. The summed E-state index contributed by atoms with van der Waals surface area (Å²) in [5, 5.41) is 0.0480. The highest BCUT2D eigenvalue weighted by Gasteiger charge is 2.12. The number of nitrogen functional groups attached to an aromatic ring is 1. The molecule has 2 aromatic carbocycles. The molecule has 2 N–H and O–H groups in total. The van der Waals surface area contributed by atoms with Gasteiger partial charge in [0.25, 0.3) is 0 Å². The van der Waals surface area contributed by atoms with E-state index in [1.807, 2.05) is 31.2 Å². The number of hydrogen-bond acceptors (Lipinski definition) is 2. The number of halogens is 2. The van der Waals surface area contributed by atoms with E-state index in [0.29, 0.717) is 12.1 Å². The normalized spacial score (nSPS) is 12.1. The minimum atomic E-state index is -0.469. The highest BCUT2D eigenvalue weighted by Crippen LogP contribution is 2.22. The van der Waals surface area contributed by atoms with Crippen molar-refractivity contribution in [1.82, 2.24) is 0 Å². The van der Waals surface area contributed by atoms with E-state index in [9.17, 15) is 9.18 Å². The van der Waals surface area contributed by atoms with Crippen LogP contribution >= 0.6 is 11.6 Å². The largest absolute Gasteiger partial charge is 0.399 e. The van der Waals surface area contributed by atoms with Crippen LogP contribution in [0.2, 0.25) is 5.02 Å². The van der Waals surface area contributed by atoms with Crippen LogP contribution in [-0.2, 0) is 11.2 Å².